The number of rotatable bonds is 2. The Morgan fingerprint density at radius 3 is 2.39 bits per heavy atom. The molecule has 3 nitrogen and oxygen atoms in total. The summed E-state index contributed by atoms with van der Waals surface area (Å²) in [5.74, 6) is 0. The largest absolute Gasteiger partial charge is 0.283 e. The molecule has 0 N–H and O–H groups in total. The number of para-hydroxylation sites is 1. The number of pyridine rings is 1. The van der Waals surface area contributed by atoms with Gasteiger partial charge in [0.25, 0.3) is 0 Å². The lowest BCUT2D eigenvalue weighted by atomic mass is 9.94. The fourth-order valence-corrected chi connectivity index (χ4v) is 3.16. The Morgan fingerprint density at radius 2 is 1.57 bits per heavy atom. The van der Waals surface area contributed by atoms with Gasteiger partial charge in [-0.3, -0.25) is 4.57 Å². The highest BCUT2D eigenvalue weighted by molar-refractivity contribution is 5.81. The smallest absolute Gasteiger partial charge is 0.164 e. The van der Waals surface area contributed by atoms with Gasteiger partial charge in [-0.15, -0.1) is 0 Å². The van der Waals surface area contributed by atoms with Gasteiger partial charge < -0.3 is 0 Å². The van der Waals surface area contributed by atoms with Crippen LogP contribution in [-0.4, -0.2) is 14.5 Å². The Morgan fingerprint density at radius 1 is 0.783 bits per heavy atom. The molecule has 0 atom stereocenters. The summed E-state index contributed by atoms with van der Waals surface area (Å²) in [6, 6.07) is 18.7. The monoisotopic (exact) mass is 299 g/mol. The average Bonchev–Trinajstić information content (AvgIpc) is 2.99. The van der Waals surface area contributed by atoms with Gasteiger partial charge in [0.1, 0.15) is 11.8 Å². The zero-order valence-electron chi connectivity index (χ0n) is 13.2. The normalized spacial score (nSPS) is 11.0. The molecule has 4 aromatic rings. The highest BCUT2D eigenvalue weighted by Gasteiger charge is 2.13. The van der Waals surface area contributed by atoms with Crippen LogP contribution in [0.15, 0.2) is 67.1 Å². The van der Waals surface area contributed by atoms with Crippen molar-refractivity contribution in [2.45, 2.75) is 13.8 Å². The molecule has 0 saturated heterocycles. The van der Waals surface area contributed by atoms with Crippen LogP contribution in [0.25, 0.3) is 28.0 Å². The van der Waals surface area contributed by atoms with Crippen LogP contribution >= 0.6 is 0 Å². The summed E-state index contributed by atoms with van der Waals surface area (Å²) in [4.78, 5) is 8.97. The first-order valence-corrected chi connectivity index (χ1v) is 7.70. The van der Waals surface area contributed by atoms with Crippen LogP contribution in [0.1, 0.15) is 11.1 Å². The van der Waals surface area contributed by atoms with Gasteiger partial charge in [0.15, 0.2) is 5.65 Å². The summed E-state index contributed by atoms with van der Waals surface area (Å²) in [6.07, 6.45) is 3.66. The number of benzene rings is 2. The van der Waals surface area contributed by atoms with Crippen LogP contribution in [0.2, 0.25) is 0 Å². The summed E-state index contributed by atoms with van der Waals surface area (Å²) >= 11 is 0. The number of aromatic nitrogens is 3. The van der Waals surface area contributed by atoms with Gasteiger partial charge in [-0.1, -0.05) is 36.4 Å². The molecule has 0 spiro atoms. The summed E-state index contributed by atoms with van der Waals surface area (Å²) in [5, 5.41) is 0. The quantitative estimate of drug-likeness (QED) is 0.537. The minimum Gasteiger partial charge on any atom is -0.283 e. The molecule has 0 fully saturated rings. The van der Waals surface area contributed by atoms with E-state index in [1.807, 2.05) is 24.7 Å². The third-order valence-electron chi connectivity index (χ3n) is 4.22. The van der Waals surface area contributed by atoms with E-state index in [4.69, 9.17) is 0 Å². The molecule has 23 heavy (non-hydrogen) atoms. The molecule has 112 valence electrons. The van der Waals surface area contributed by atoms with E-state index in [0.29, 0.717) is 0 Å². The first kappa shape index (κ1) is 13.7. The van der Waals surface area contributed by atoms with E-state index >= 15 is 0 Å². The summed E-state index contributed by atoms with van der Waals surface area (Å²) in [5.41, 5.74) is 7.92. The topological polar surface area (TPSA) is 30.7 Å². The van der Waals surface area contributed by atoms with Crippen molar-refractivity contribution < 1.29 is 0 Å². The van der Waals surface area contributed by atoms with Crippen molar-refractivity contribution in [3.8, 4) is 16.8 Å². The molecular weight excluding hydrogens is 282 g/mol. The van der Waals surface area contributed by atoms with E-state index in [0.717, 1.165) is 16.9 Å². The predicted octanol–water partition coefficient (Wildman–Crippen LogP) is 4.70. The minimum atomic E-state index is 0.881. The lowest BCUT2D eigenvalue weighted by molar-refractivity contribution is 1.07. The Labute approximate surface area is 135 Å². The second kappa shape index (κ2) is 5.36. The van der Waals surface area contributed by atoms with Gasteiger partial charge >= 0.3 is 0 Å². The lowest BCUT2D eigenvalue weighted by Crippen LogP contribution is -1.98. The van der Waals surface area contributed by atoms with Crippen LogP contribution in [0.4, 0.5) is 0 Å². The minimum absolute atomic E-state index is 0.881. The van der Waals surface area contributed by atoms with E-state index in [1.54, 1.807) is 0 Å². The molecule has 0 bridgehead atoms. The maximum atomic E-state index is 4.50. The van der Waals surface area contributed by atoms with Crippen molar-refractivity contribution in [2.24, 2.45) is 0 Å². The highest BCUT2D eigenvalue weighted by atomic mass is 15.1. The number of hydrogen-bond donors (Lipinski definition) is 0. The summed E-state index contributed by atoms with van der Waals surface area (Å²) in [6.45, 7) is 4.31. The number of fused-ring (bicyclic) bond motifs is 1. The molecule has 0 unspecified atom stereocenters. The first-order chi connectivity index (χ1) is 11.3. The fourth-order valence-electron chi connectivity index (χ4n) is 3.16. The van der Waals surface area contributed by atoms with Gasteiger partial charge in [-0.25, -0.2) is 9.97 Å². The Hall–Kier alpha value is -2.94. The summed E-state index contributed by atoms with van der Waals surface area (Å²) in [7, 11) is 0. The highest BCUT2D eigenvalue weighted by Crippen LogP contribution is 2.33. The molecule has 0 radical (unpaired) electrons. The van der Waals surface area contributed by atoms with Crippen LogP contribution in [-0.2, 0) is 0 Å². The molecular formula is C20H17N3. The predicted molar refractivity (Wildman–Crippen MR) is 93.8 cm³/mol. The standard InChI is InChI=1S/C20H17N3/c1-14-7-5-8-15(2)19(14)16-9-3-4-11-18(16)23-13-22-17-10-6-12-21-20(17)23/h3-13H,1-2H3. The lowest BCUT2D eigenvalue weighted by Gasteiger charge is -2.15. The van der Waals surface area contributed by atoms with Crippen LogP contribution in [0, 0.1) is 13.8 Å². The third kappa shape index (κ3) is 2.21. The maximum absolute atomic E-state index is 4.50. The van der Waals surface area contributed by atoms with Gasteiger partial charge in [0.2, 0.25) is 0 Å². The molecule has 2 heterocycles. The molecule has 4 rings (SSSR count). The van der Waals surface area contributed by atoms with Gasteiger partial charge in [-0.05, 0) is 48.7 Å². The van der Waals surface area contributed by atoms with Gasteiger partial charge in [0, 0.05) is 11.8 Å². The SMILES string of the molecule is Cc1cccc(C)c1-c1ccccc1-n1cnc2cccnc21. The van der Waals surface area contributed by atoms with Crippen LogP contribution in [0.3, 0.4) is 0 Å². The summed E-state index contributed by atoms with van der Waals surface area (Å²) < 4.78 is 2.07. The number of nitrogens with zero attached hydrogens (tertiary/aromatic N) is 3. The van der Waals surface area contributed by atoms with E-state index in [2.05, 4.69) is 70.8 Å². The van der Waals surface area contributed by atoms with Gasteiger partial charge in [0.05, 0.1) is 5.69 Å². The van der Waals surface area contributed by atoms with Crippen molar-refractivity contribution in [3.05, 3.63) is 78.2 Å². The third-order valence-corrected chi connectivity index (χ3v) is 4.22. The molecule has 0 aliphatic heterocycles. The molecule has 2 aromatic heterocycles. The molecule has 0 amide bonds. The number of hydrogen-bond acceptors (Lipinski definition) is 2. The van der Waals surface area contributed by atoms with E-state index in [-0.39, 0.29) is 0 Å². The van der Waals surface area contributed by atoms with Crippen molar-refractivity contribution in [1.29, 1.82) is 0 Å². The molecule has 0 aliphatic carbocycles. The molecule has 0 aliphatic rings. The molecule has 3 heteroatoms. The maximum Gasteiger partial charge on any atom is 0.164 e. The Kier molecular flexibility index (Phi) is 3.19. The average molecular weight is 299 g/mol. The Balaban J connectivity index is 2.02. The van der Waals surface area contributed by atoms with Crippen LogP contribution in [0.5, 0.6) is 0 Å². The zero-order valence-corrected chi connectivity index (χ0v) is 13.2. The molecule has 0 saturated carbocycles. The fraction of sp³-hybridized carbons (Fsp3) is 0.100. The van der Waals surface area contributed by atoms with Crippen LogP contribution < -0.4 is 0 Å². The Bertz CT molecular complexity index is 978. The molecule has 2 aromatic carbocycles. The second-order valence-corrected chi connectivity index (χ2v) is 5.74. The van der Waals surface area contributed by atoms with Crippen molar-refractivity contribution in [1.82, 2.24) is 14.5 Å². The number of aryl methyl sites for hydroxylation is 2. The second-order valence-electron chi connectivity index (χ2n) is 5.74. The van der Waals surface area contributed by atoms with E-state index in [9.17, 15) is 0 Å². The zero-order chi connectivity index (χ0) is 15.8. The van der Waals surface area contributed by atoms with E-state index < -0.39 is 0 Å². The number of imidazole rings is 1. The van der Waals surface area contributed by atoms with Crippen molar-refractivity contribution in [2.75, 3.05) is 0 Å². The van der Waals surface area contributed by atoms with Crippen molar-refractivity contribution >= 4 is 11.2 Å². The first-order valence-electron chi connectivity index (χ1n) is 7.70. The van der Waals surface area contributed by atoms with Crippen molar-refractivity contribution in [3.63, 3.8) is 0 Å². The van der Waals surface area contributed by atoms with Gasteiger partial charge in [-0.2, -0.15) is 0 Å². The van der Waals surface area contributed by atoms with E-state index in [1.165, 1.54) is 22.3 Å².